The second kappa shape index (κ2) is 6.83. The van der Waals surface area contributed by atoms with Gasteiger partial charge in [0.2, 0.25) is 5.88 Å². The first-order chi connectivity index (χ1) is 10.1. The third-order valence-corrected chi connectivity index (χ3v) is 3.19. The summed E-state index contributed by atoms with van der Waals surface area (Å²) >= 11 is 0. The molecule has 2 heterocycles. The summed E-state index contributed by atoms with van der Waals surface area (Å²) in [6.45, 7) is 3.95. The molecule has 0 saturated heterocycles. The summed E-state index contributed by atoms with van der Waals surface area (Å²) in [5.74, 6) is 0.259. The highest BCUT2D eigenvalue weighted by Gasteiger charge is 2.16. The zero-order chi connectivity index (χ0) is 15.2. The van der Waals surface area contributed by atoms with Gasteiger partial charge < -0.3 is 10.1 Å². The number of aromatic nitrogens is 2. The predicted octanol–water partition coefficient (Wildman–Crippen LogP) is 2.67. The summed E-state index contributed by atoms with van der Waals surface area (Å²) in [4.78, 5) is 20.8. The highest BCUT2D eigenvalue weighted by atomic mass is 16.5. The summed E-state index contributed by atoms with van der Waals surface area (Å²) < 4.78 is 5.03. The minimum Gasteiger partial charge on any atom is -0.481 e. The van der Waals surface area contributed by atoms with Crippen molar-refractivity contribution in [2.75, 3.05) is 7.11 Å². The monoisotopic (exact) mass is 285 g/mol. The van der Waals surface area contributed by atoms with E-state index >= 15 is 0 Å². The summed E-state index contributed by atoms with van der Waals surface area (Å²) in [5, 5.41) is 2.99. The summed E-state index contributed by atoms with van der Waals surface area (Å²) in [5.41, 5.74) is 2.32. The lowest BCUT2D eigenvalue weighted by Crippen LogP contribution is -2.28. The van der Waals surface area contributed by atoms with Gasteiger partial charge in [0.1, 0.15) is 0 Å². The molecule has 5 heteroatoms. The number of amides is 1. The van der Waals surface area contributed by atoms with Gasteiger partial charge in [0.15, 0.2) is 0 Å². The Labute approximate surface area is 124 Å². The zero-order valence-corrected chi connectivity index (χ0v) is 12.5. The average Bonchev–Trinajstić information content (AvgIpc) is 2.52. The largest absolute Gasteiger partial charge is 0.481 e. The van der Waals surface area contributed by atoms with Crippen LogP contribution in [0.5, 0.6) is 5.88 Å². The van der Waals surface area contributed by atoms with Crippen LogP contribution in [0.15, 0.2) is 36.5 Å². The molecule has 1 amide bonds. The quantitative estimate of drug-likeness (QED) is 0.917. The molecule has 0 aromatic carbocycles. The van der Waals surface area contributed by atoms with Crippen molar-refractivity contribution >= 4 is 5.91 Å². The molecule has 0 aliphatic heterocycles. The first-order valence-corrected chi connectivity index (χ1v) is 6.88. The van der Waals surface area contributed by atoms with Gasteiger partial charge in [-0.25, -0.2) is 4.98 Å². The molecule has 0 aliphatic rings. The van der Waals surface area contributed by atoms with Crippen LogP contribution in [0.1, 0.15) is 41.1 Å². The molecule has 2 aromatic rings. The zero-order valence-electron chi connectivity index (χ0n) is 12.5. The van der Waals surface area contributed by atoms with Crippen molar-refractivity contribution in [1.82, 2.24) is 15.3 Å². The standard InChI is InChI=1S/C16H19N3O2/c1-4-13(14-7-5-6-11(2)18-14)19-16(20)12-8-9-17-15(10-12)21-3/h5-10,13H,4H2,1-3H3,(H,19,20)/t13-/m1/s1. The lowest BCUT2D eigenvalue weighted by atomic mass is 10.1. The Morgan fingerprint density at radius 2 is 2.19 bits per heavy atom. The number of pyridine rings is 2. The van der Waals surface area contributed by atoms with Gasteiger partial charge in [-0.15, -0.1) is 0 Å². The molecular weight excluding hydrogens is 266 g/mol. The Morgan fingerprint density at radius 3 is 2.86 bits per heavy atom. The molecule has 1 N–H and O–H groups in total. The average molecular weight is 285 g/mol. The predicted molar refractivity (Wildman–Crippen MR) is 80.3 cm³/mol. The molecule has 0 saturated carbocycles. The fourth-order valence-electron chi connectivity index (χ4n) is 2.05. The second-order valence-corrected chi connectivity index (χ2v) is 4.73. The van der Waals surface area contributed by atoms with Gasteiger partial charge >= 0.3 is 0 Å². The number of ether oxygens (including phenoxy) is 1. The molecular formula is C16H19N3O2. The van der Waals surface area contributed by atoms with E-state index in [1.807, 2.05) is 32.0 Å². The molecule has 0 bridgehead atoms. The number of rotatable bonds is 5. The van der Waals surface area contributed by atoms with Crippen molar-refractivity contribution in [1.29, 1.82) is 0 Å². The number of nitrogens with one attached hydrogen (secondary N) is 1. The molecule has 1 atom stereocenters. The molecule has 5 nitrogen and oxygen atoms in total. The molecule has 0 fully saturated rings. The third kappa shape index (κ3) is 3.78. The highest BCUT2D eigenvalue weighted by Crippen LogP contribution is 2.16. The molecule has 0 spiro atoms. The Kier molecular flexibility index (Phi) is 4.87. The van der Waals surface area contributed by atoms with Gasteiger partial charge in [-0.1, -0.05) is 13.0 Å². The van der Waals surface area contributed by atoms with E-state index in [0.717, 1.165) is 17.8 Å². The Bertz CT molecular complexity index is 628. The van der Waals surface area contributed by atoms with Gasteiger partial charge in [0.05, 0.1) is 18.8 Å². The van der Waals surface area contributed by atoms with Crippen LogP contribution < -0.4 is 10.1 Å². The van der Waals surface area contributed by atoms with E-state index in [1.165, 1.54) is 7.11 Å². The summed E-state index contributed by atoms with van der Waals surface area (Å²) in [7, 11) is 1.52. The maximum Gasteiger partial charge on any atom is 0.252 e. The number of hydrogen-bond acceptors (Lipinski definition) is 4. The molecule has 0 unspecified atom stereocenters. The highest BCUT2D eigenvalue weighted by molar-refractivity contribution is 5.94. The molecule has 0 radical (unpaired) electrons. The van der Waals surface area contributed by atoms with Crippen LogP contribution >= 0.6 is 0 Å². The minimum atomic E-state index is -0.161. The molecule has 2 rings (SSSR count). The second-order valence-electron chi connectivity index (χ2n) is 4.73. The van der Waals surface area contributed by atoms with E-state index < -0.39 is 0 Å². The van der Waals surface area contributed by atoms with Crippen LogP contribution in [0.3, 0.4) is 0 Å². The van der Waals surface area contributed by atoms with Gasteiger partial charge in [-0.3, -0.25) is 9.78 Å². The van der Waals surface area contributed by atoms with Crippen LogP contribution in [0, 0.1) is 6.92 Å². The number of carbonyl (C=O) groups is 1. The maximum absolute atomic E-state index is 12.3. The van der Waals surface area contributed by atoms with Crippen molar-refractivity contribution in [3.05, 3.63) is 53.5 Å². The van der Waals surface area contributed by atoms with Crippen molar-refractivity contribution in [2.24, 2.45) is 0 Å². The lowest BCUT2D eigenvalue weighted by Gasteiger charge is -2.17. The minimum absolute atomic E-state index is 0.114. The summed E-state index contributed by atoms with van der Waals surface area (Å²) in [6.07, 6.45) is 2.32. The van der Waals surface area contributed by atoms with Crippen LogP contribution in [-0.2, 0) is 0 Å². The van der Waals surface area contributed by atoms with Crippen LogP contribution in [0.2, 0.25) is 0 Å². The fraction of sp³-hybridized carbons (Fsp3) is 0.312. The Hall–Kier alpha value is -2.43. The molecule has 21 heavy (non-hydrogen) atoms. The number of nitrogens with zero attached hydrogens (tertiary/aromatic N) is 2. The van der Waals surface area contributed by atoms with Gasteiger partial charge in [0.25, 0.3) is 5.91 Å². The van der Waals surface area contributed by atoms with Gasteiger partial charge in [-0.05, 0) is 31.5 Å². The van der Waals surface area contributed by atoms with E-state index in [4.69, 9.17) is 4.74 Å². The summed E-state index contributed by atoms with van der Waals surface area (Å²) in [6, 6.07) is 8.97. The maximum atomic E-state index is 12.3. The molecule has 110 valence electrons. The number of carbonyl (C=O) groups excluding carboxylic acids is 1. The smallest absolute Gasteiger partial charge is 0.252 e. The van der Waals surface area contributed by atoms with Crippen molar-refractivity contribution in [3.63, 3.8) is 0 Å². The topological polar surface area (TPSA) is 64.1 Å². The van der Waals surface area contributed by atoms with Crippen molar-refractivity contribution in [2.45, 2.75) is 26.3 Å². The molecule has 0 aliphatic carbocycles. The van der Waals surface area contributed by atoms with Crippen molar-refractivity contribution in [3.8, 4) is 5.88 Å². The van der Waals surface area contributed by atoms with E-state index in [1.54, 1.807) is 18.3 Å². The van der Waals surface area contributed by atoms with Crippen molar-refractivity contribution < 1.29 is 9.53 Å². The van der Waals surface area contributed by atoms with E-state index in [0.29, 0.717) is 11.4 Å². The molecule has 2 aromatic heterocycles. The van der Waals surface area contributed by atoms with E-state index in [-0.39, 0.29) is 11.9 Å². The number of aryl methyl sites for hydroxylation is 1. The Morgan fingerprint density at radius 1 is 1.38 bits per heavy atom. The lowest BCUT2D eigenvalue weighted by molar-refractivity contribution is 0.0934. The normalized spacial score (nSPS) is 11.8. The van der Waals surface area contributed by atoms with Gasteiger partial charge in [0, 0.05) is 23.5 Å². The number of hydrogen-bond donors (Lipinski definition) is 1. The van der Waals surface area contributed by atoms with Crippen LogP contribution in [-0.4, -0.2) is 23.0 Å². The Balaban J connectivity index is 2.16. The first kappa shape index (κ1) is 15.0. The fourth-order valence-corrected chi connectivity index (χ4v) is 2.05. The van der Waals surface area contributed by atoms with Crippen LogP contribution in [0.25, 0.3) is 0 Å². The SMILES string of the molecule is CC[C@@H](NC(=O)c1ccnc(OC)c1)c1cccc(C)n1. The van der Waals surface area contributed by atoms with E-state index in [9.17, 15) is 4.79 Å². The number of methoxy groups -OCH3 is 1. The first-order valence-electron chi connectivity index (χ1n) is 6.88. The third-order valence-electron chi connectivity index (χ3n) is 3.19. The van der Waals surface area contributed by atoms with Gasteiger partial charge in [-0.2, -0.15) is 0 Å². The van der Waals surface area contributed by atoms with Crippen LogP contribution in [0.4, 0.5) is 0 Å². The van der Waals surface area contributed by atoms with E-state index in [2.05, 4.69) is 15.3 Å².